The molecule has 0 bridgehead atoms. The van der Waals surface area contributed by atoms with E-state index in [-0.39, 0.29) is 0 Å². The summed E-state index contributed by atoms with van der Waals surface area (Å²) in [5, 5.41) is 2.15. The van der Waals surface area contributed by atoms with Crippen LogP contribution in [0.15, 0.2) is 24.3 Å². The molecule has 0 radical (unpaired) electrons. The summed E-state index contributed by atoms with van der Waals surface area (Å²) in [5.74, 6) is 0.572. The van der Waals surface area contributed by atoms with Crippen LogP contribution in [0.25, 0.3) is 10.8 Å². The first-order valence-corrected chi connectivity index (χ1v) is 7.55. The van der Waals surface area contributed by atoms with Gasteiger partial charge >= 0.3 is 7.12 Å². The number of aryl methyl sites for hydroxylation is 1. The van der Waals surface area contributed by atoms with E-state index in [1.807, 2.05) is 39.8 Å². The summed E-state index contributed by atoms with van der Waals surface area (Å²) in [6, 6.07) is 8.11. The molecule has 5 heteroatoms. The highest BCUT2D eigenvalue weighted by Gasteiger charge is 2.53. The number of benzene rings is 1. The molecule has 1 saturated heterocycles. The van der Waals surface area contributed by atoms with Gasteiger partial charge in [-0.15, -0.1) is 0 Å². The van der Waals surface area contributed by atoms with Gasteiger partial charge in [-0.3, -0.25) is 0 Å². The first-order valence-electron chi connectivity index (χ1n) is 7.55. The topological polar surface area (TPSA) is 40.6 Å². The predicted molar refractivity (Wildman–Crippen MR) is 88.7 cm³/mol. The van der Waals surface area contributed by atoms with Gasteiger partial charge in [-0.25, -0.2) is 4.98 Å². The van der Waals surface area contributed by atoms with Crippen LogP contribution < -0.4 is 10.3 Å². The molecular weight excluding hydrogens is 277 g/mol. The number of fused-ring (bicyclic) bond motifs is 1. The van der Waals surface area contributed by atoms with E-state index in [4.69, 9.17) is 14.0 Å². The van der Waals surface area contributed by atoms with Crippen LogP contribution in [-0.2, 0) is 9.31 Å². The average molecular weight is 299 g/mol. The third kappa shape index (κ3) is 2.29. The largest absolute Gasteiger partial charge is 0.515 e. The van der Waals surface area contributed by atoms with Crippen molar-refractivity contribution >= 4 is 23.5 Å². The van der Waals surface area contributed by atoms with Gasteiger partial charge in [0.15, 0.2) is 0 Å². The normalized spacial score (nSPS) is 19.6. The molecule has 0 spiro atoms. The van der Waals surface area contributed by atoms with Crippen molar-refractivity contribution < 1.29 is 14.0 Å². The Labute approximate surface area is 131 Å². The Hall–Kier alpha value is -1.59. The predicted octanol–water partition coefficient (Wildman–Crippen LogP) is 2.85. The van der Waals surface area contributed by atoms with Gasteiger partial charge in [0.25, 0.3) is 0 Å². The molecule has 0 unspecified atom stereocenters. The monoisotopic (exact) mass is 299 g/mol. The van der Waals surface area contributed by atoms with Crippen molar-refractivity contribution in [1.82, 2.24) is 4.98 Å². The lowest BCUT2D eigenvalue weighted by molar-refractivity contribution is 0.00578. The van der Waals surface area contributed by atoms with E-state index in [1.54, 1.807) is 7.11 Å². The van der Waals surface area contributed by atoms with E-state index in [0.717, 1.165) is 21.9 Å². The maximum absolute atomic E-state index is 6.17. The lowest BCUT2D eigenvalue weighted by Crippen LogP contribution is -2.41. The zero-order valence-electron chi connectivity index (χ0n) is 14.1. The number of hydrogen-bond acceptors (Lipinski definition) is 4. The smallest absolute Gasteiger partial charge is 0.481 e. The van der Waals surface area contributed by atoms with Crippen LogP contribution in [0.3, 0.4) is 0 Å². The lowest BCUT2D eigenvalue weighted by Gasteiger charge is -2.32. The fourth-order valence-electron chi connectivity index (χ4n) is 2.73. The Bertz CT molecular complexity index is 711. The molecule has 0 saturated carbocycles. The number of aromatic nitrogens is 1. The molecule has 4 nitrogen and oxygen atoms in total. The average Bonchev–Trinajstić information content (AvgIpc) is 2.66. The molecule has 22 heavy (non-hydrogen) atoms. The summed E-state index contributed by atoms with van der Waals surface area (Å²) in [6.45, 7) is 10.3. The summed E-state index contributed by atoms with van der Waals surface area (Å²) in [4.78, 5) is 4.62. The van der Waals surface area contributed by atoms with Crippen molar-refractivity contribution in [2.24, 2.45) is 0 Å². The highest BCUT2D eigenvalue weighted by Crippen LogP contribution is 2.37. The van der Waals surface area contributed by atoms with Gasteiger partial charge in [-0.2, -0.15) is 0 Å². The standard InChI is InChI=1S/C17H22BNO3/c1-11-8-7-9-12-10-13(20-6)19-15(14(11)12)18-21-16(2,3)17(4,5)22-18/h7-10H,1-6H3. The third-order valence-electron chi connectivity index (χ3n) is 4.76. The molecule has 1 fully saturated rings. The van der Waals surface area contributed by atoms with E-state index in [0.29, 0.717) is 5.88 Å². The van der Waals surface area contributed by atoms with Crippen LogP contribution in [0.5, 0.6) is 5.88 Å². The minimum Gasteiger partial charge on any atom is -0.481 e. The van der Waals surface area contributed by atoms with Crippen molar-refractivity contribution in [3.8, 4) is 5.88 Å². The van der Waals surface area contributed by atoms with E-state index >= 15 is 0 Å². The van der Waals surface area contributed by atoms with Crippen molar-refractivity contribution in [3.05, 3.63) is 29.8 Å². The van der Waals surface area contributed by atoms with Crippen LogP contribution in [0.4, 0.5) is 0 Å². The molecule has 1 aliphatic heterocycles. The molecule has 0 N–H and O–H groups in total. The Morgan fingerprint density at radius 1 is 1.09 bits per heavy atom. The van der Waals surface area contributed by atoms with E-state index in [2.05, 4.69) is 24.0 Å². The van der Waals surface area contributed by atoms with Gasteiger partial charge < -0.3 is 14.0 Å². The summed E-state index contributed by atoms with van der Waals surface area (Å²) in [7, 11) is 1.13. The number of hydrogen-bond donors (Lipinski definition) is 0. The summed E-state index contributed by atoms with van der Waals surface area (Å²) in [5.41, 5.74) is 1.15. The molecule has 0 atom stereocenters. The zero-order chi connectivity index (χ0) is 16.1. The number of ether oxygens (including phenoxy) is 1. The Kier molecular flexibility index (Phi) is 3.46. The number of methoxy groups -OCH3 is 1. The second-order valence-electron chi connectivity index (χ2n) is 6.81. The SMILES string of the molecule is COc1cc2cccc(C)c2c(B2OC(C)(C)C(C)(C)O2)n1. The zero-order valence-corrected chi connectivity index (χ0v) is 14.1. The molecule has 1 aromatic carbocycles. The Balaban J connectivity index is 2.19. The molecule has 2 aromatic rings. The van der Waals surface area contributed by atoms with Gasteiger partial charge in [0, 0.05) is 11.5 Å². The van der Waals surface area contributed by atoms with Gasteiger partial charge in [0.2, 0.25) is 5.88 Å². The summed E-state index contributed by atoms with van der Waals surface area (Å²) >= 11 is 0. The lowest BCUT2D eigenvalue weighted by atomic mass is 9.80. The number of rotatable bonds is 2. The van der Waals surface area contributed by atoms with Crippen molar-refractivity contribution in [3.63, 3.8) is 0 Å². The fourth-order valence-corrected chi connectivity index (χ4v) is 2.73. The molecule has 0 amide bonds. The second kappa shape index (κ2) is 4.96. The molecular formula is C17H22BNO3. The minimum atomic E-state index is -0.497. The molecule has 1 aliphatic rings. The van der Waals surface area contributed by atoms with Crippen molar-refractivity contribution in [2.45, 2.75) is 45.8 Å². The van der Waals surface area contributed by atoms with Crippen LogP contribution >= 0.6 is 0 Å². The number of pyridine rings is 1. The van der Waals surface area contributed by atoms with Crippen molar-refractivity contribution in [1.29, 1.82) is 0 Å². The highest BCUT2D eigenvalue weighted by atomic mass is 16.7. The van der Waals surface area contributed by atoms with Crippen molar-refractivity contribution in [2.75, 3.05) is 7.11 Å². The van der Waals surface area contributed by atoms with Gasteiger partial charge in [0.1, 0.15) is 0 Å². The van der Waals surface area contributed by atoms with E-state index in [1.165, 1.54) is 0 Å². The summed E-state index contributed by atoms with van der Waals surface area (Å²) < 4.78 is 17.7. The molecule has 0 aliphatic carbocycles. The minimum absolute atomic E-state index is 0.391. The Morgan fingerprint density at radius 3 is 2.32 bits per heavy atom. The molecule has 2 heterocycles. The maximum atomic E-state index is 6.17. The Morgan fingerprint density at radius 2 is 1.73 bits per heavy atom. The van der Waals surface area contributed by atoms with E-state index < -0.39 is 18.3 Å². The molecule has 3 rings (SSSR count). The second-order valence-corrected chi connectivity index (χ2v) is 6.81. The third-order valence-corrected chi connectivity index (χ3v) is 4.76. The van der Waals surface area contributed by atoms with Crippen LogP contribution in [-0.4, -0.2) is 30.4 Å². The van der Waals surface area contributed by atoms with Gasteiger partial charge in [0.05, 0.1) is 23.9 Å². The number of nitrogens with zero attached hydrogens (tertiary/aromatic N) is 1. The van der Waals surface area contributed by atoms with Gasteiger partial charge in [-0.1, -0.05) is 18.2 Å². The van der Waals surface area contributed by atoms with Crippen LogP contribution in [0, 0.1) is 6.92 Å². The molecule has 1 aromatic heterocycles. The fraction of sp³-hybridized carbons (Fsp3) is 0.471. The summed E-state index contributed by atoms with van der Waals surface area (Å²) in [6.07, 6.45) is 0. The van der Waals surface area contributed by atoms with Crippen LogP contribution in [0.2, 0.25) is 0 Å². The molecule has 116 valence electrons. The first-order chi connectivity index (χ1) is 10.2. The maximum Gasteiger partial charge on any atom is 0.515 e. The van der Waals surface area contributed by atoms with Gasteiger partial charge in [-0.05, 0) is 45.6 Å². The highest BCUT2D eigenvalue weighted by molar-refractivity contribution is 6.64. The first kappa shape index (κ1) is 15.3. The van der Waals surface area contributed by atoms with E-state index in [9.17, 15) is 0 Å². The quantitative estimate of drug-likeness (QED) is 0.800. The van der Waals surface area contributed by atoms with Crippen LogP contribution in [0.1, 0.15) is 33.3 Å².